The maximum atomic E-state index is 4.26. The lowest BCUT2D eigenvalue weighted by Gasteiger charge is -2.27. The SMILES string of the molecule is CCCNc1snnc1CN(CC(C)C)C(C)C. The molecule has 0 aromatic carbocycles. The van der Waals surface area contributed by atoms with E-state index in [1.165, 1.54) is 11.5 Å². The largest absolute Gasteiger partial charge is 0.374 e. The van der Waals surface area contributed by atoms with Crippen LogP contribution >= 0.6 is 11.5 Å². The lowest BCUT2D eigenvalue weighted by atomic mass is 10.1. The summed E-state index contributed by atoms with van der Waals surface area (Å²) in [6, 6.07) is 0.535. The lowest BCUT2D eigenvalue weighted by Crippen LogP contribution is -2.34. The standard InChI is InChI=1S/C13H26N4S/c1-6-7-14-13-12(15-16-18-13)9-17(11(4)5)8-10(2)3/h10-11,14H,6-9H2,1-5H3. The van der Waals surface area contributed by atoms with Gasteiger partial charge in [0.1, 0.15) is 10.7 Å². The van der Waals surface area contributed by atoms with Gasteiger partial charge in [-0.05, 0) is 26.2 Å². The van der Waals surface area contributed by atoms with E-state index in [2.05, 4.69) is 54.4 Å². The van der Waals surface area contributed by atoms with Gasteiger partial charge in [0.05, 0.1) is 0 Å². The number of aromatic nitrogens is 2. The molecule has 0 aliphatic rings. The fourth-order valence-electron chi connectivity index (χ4n) is 1.80. The number of anilines is 1. The van der Waals surface area contributed by atoms with Crippen molar-refractivity contribution >= 4 is 16.5 Å². The number of hydrogen-bond donors (Lipinski definition) is 1. The van der Waals surface area contributed by atoms with Gasteiger partial charge in [-0.3, -0.25) is 4.90 Å². The first-order valence-corrected chi connectivity index (χ1v) is 7.61. The second kappa shape index (κ2) is 7.69. The Hall–Kier alpha value is -0.680. The molecule has 0 radical (unpaired) electrons. The summed E-state index contributed by atoms with van der Waals surface area (Å²) in [4.78, 5) is 2.46. The lowest BCUT2D eigenvalue weighted by molar-refractivity contribution is 0.187. The van der Waals surface area contributed by atoms with Crippen molar-refractivity contribution in [3.05, 3.63) is 5.69 Å². The number of hydrogen-bond acceptors (Lipinski definition) is 5. The van der Waals surface area contributed by atoms with Crippen molar-refractivity contribution < 1.29 is 0 Å². The maximum absolute atomic E-state index is 4.26. The minimum atomic E-state index is 0.535. The monoisotopic (exact) mass is 270 g/mol. The van der Waals surface area contributed by atoms with Crippen molar-refractivity contribution in [2.45, 2.75) is 53.6 Å². The molecule has 1 rings (SSSR count). The Balaban J connectivity index is 2.65. The van der Waals surface area contributed by atoms with Crippen LogP contribution in [0.5, 0.6) is 0 Å². The zero-order chi connectivity index (χ0) is 13.5. The van der Waals surface area contributed by atoms with E-state index in [0.717, 1.165) is 36.8 Å². The fraction of sp³-hybridized carbons (Fsp3) is 0.846. The Morgan fingerprint density at radius 3 is 2.56 bits per heavy atom. The summed E-state index contributed by atoms with van der Waals surface area (Å²) in [7, 11) is 0. The second-order valence-corrected chi connectivity index (χ2v) is 6.15. The van der Waals surface area contributed by atoms with E-state index in [0.29, 0.717) is 12.0 Å². The van der Waals surface area contributed by atoms with Crippen LogP contribution < -0.4 is 5.32 Å². The third-order valence-electron chi connectivity index (χ3n) is 2.77. The van der Waals surface area contributed by atoms with Crippen LogP contribution in [0.1, 0.15) is 46.7 Å². The molecule has 0 unspecified atom stereocenters. The molecular weight excluding hydrogens is 244 g/mol. The average Bonchev–Trinajstić information content (AvgIpc) is 2.72. The highest BCUT2D eigenvalue weighted by molar-refractivity contribution is 7.10. The van der Waals surface area contributed by atoms with Crippen LogP contribution in [-0.4, -0.2) is 33.6 Å². The van der Waals surface area contributed by atoms with E-state index in [-0.39, 0.29) is 0 Å². The van der Waals surface area contributed by atoms with Crippen molar-refractivity contribution in [3.63, 3.8) is 0 Å². The average molecular weight is 270 g/mol. The van der Waals surface area contributed by atoms with Crippen molar-refractivity contribution in [3.8, 4) is 0 Å². The van der Waals surface area contributed by atoms with Gasteiger partial charge >= 0.3 is 0 Å². The predicted octanol–water partition coefficient (Wildman–Crippen LogP) is 3.23. The fourth-order valence-corrected chi connectivity index (χ4v) is 2.40. The van der Waals surface area contributed by atoms with E-state index in [1.54, 1.807) is 0 Å². The van der Waals surface area contributed by atoms with Gasteiger partial charge in [0.2, 0.25) is 0 Å². The molecular formula is C13H26N4S. The number of rotatable bonds is 8. The minimum Gasteiger partial charge on any atom is -0.374 e. The van der Waals surface area contributed by atoms with E-state index in [1.807, 2.05) is 0 Å². The maximum Gasteiger partial charge on any atom is 0.134 e. The highest BCUT2D eigenvalue weighted by Crippen LogP contribution is 2.20. The first kappa shape index (κ1) is 15.4. The molecule has 1 N–H and O–H groups in total. The molecule has 18 heavy (non-hydrogen) atoms. The van der Waals surface area contributed by atoms with Gasteiger partial charge in [-0.15, -0.1) is 5.10 Å². The van der Waals surface area contributed by atoms with E-state index in [4.69, 9.17) is 0 Å². The Kier molecular flexibility index (Phi) is 6.57. The van der Waals surface area contributed by atoms with Crippen LogP contribution in [0.2, 0.25) is 0 Å². The van der Waals surface area contributed by atoms with Gasteiger partial charge in [-0.1, -0.05) is 25.3 Å². The van der Waals surface area contributed by atoms with Crippen LogP contribution in [-0.2, 0) is 6.54 Å². The Morgan fingerprint density at radius 2 is 2.00 bits per heavy atom. The topological polar surface area (TPSA) is 41.1 Å². The summed E-state index contributed by atoms with van der Waals surface area (Å²) >= 11 is 1.46. The molecule has 0 bridgehead atoms. The molecule has 1 aromatic heterocycles. The third kappa shape index (κ3) is 4.90. The summed E-state index contributed by atoms with van der Waals surface area (Å²) in [6.07, 6.45) is 1.12. The minimum absolute atomic E-state index is 0.535. The highest BCUT2D eigenvalue weighted by atomic mass is 32.1. The summed E-state index contributed by atoms with van der Waals surface area (Å²) in [5.41, 5.74) is 1.09. The Bertz CT molecular complexity index is 335. The first-order valence-electron chi connectivity index (χ1n) is 6.83. The third-order valence-corrected chi connectivity index (χ3v) is 3.50. The Morgan fingerprint density at radius 1 is 1.28 bits per heavy atom. The normalized spacial score (nSPS) is 11.8. The quantitative estimate of drug-likeness (QED) is 0.787. The van der Waals surface area contributed by atoms with Crippen LogP contribution in [0.4, 0.5) is 5.00 Å². The molecule has 0 atom stereocenters. The van der Waals surface area contributed by atoms with Crippen molar-refractivity contribution in [1.29, 1.82) is 0 Å². The molecule has 5 heteroatoms. The van der Waals surface area contributed by atoms with Crippen molar-refractivity contribution in [2.75, 3.05) is 18.4 Å². The van der Waals surface area contributed by atoms with E-state index >= 15 is 0 Å². The summed E-state index contributed by atoms with van der Waals surface area (Å²) in [5.74, 6) is 0.672. The second-order valence-electron chi connectivity index (χ2n) is 5.39. The molecule has 104 valence electrons. The smallest absolute Gasteiger partial charge is 0.134 e. The van der Waals surface area contributed by atoms with Gasteiger partial charge in [-0.25, -0.2) is 0 Å². The Labute approximate surface area is 115 Å². The predicted molar refractivity (Wildman–Crippen MR) is 79.1 cm³/mol. The zero-order valence-electron chi connectivity index (χ0n) is 12.2. The van der Waals surface area contributed by atoms with Crippen LogP contribution in [0.15, 0.2) is 0 Å². The van der Waals surface area contributed by atoms with Crippen LogP contribution in [0.3, 0.4) is 0 Å². The summed E-state index contributed by atoms with van der Waals surface area (Å²) in [6.45, 7) is 14.1. The van der Waals surface area contributed by atoms with Gasteiger partial charge in [-0.2, -0.15) is 0 Å². The molecule has 4 nitrogen and oxygen atoms in total. The summed E-state index contributed by atoms with van der Waals surface area (Å²) in [5, 5.41) is 8.80. The zero-order valence-corrected chi connectivity index (χ0v) is 13.0. The van der Waals surface area contributed by atoms with Gasteiger partial charge in [0, 0.05) is 37.2 Å². The molecule has 0 saturated carbocycles. The van der Waals surface area contributed by atoms with Crippen LogP contribution in [0, 0.1) is 5.92 Å². The molecule has 0 saturated heterocycles. The van der Waals surface area contributed by atoms with E-state index in [9.17, 15) is 0 Å². The van der Waals surface area contributed by atoms with Crippen LogP contribution in [0.25, 0.3) is 0 Å². The first-order chi connectivity index (χ1) is 8.54. The van der Waals surface area contributed by atoms with Gasteiger partial charge in [0.15, 0.2) is 0 Å². The number of nitrogens with one attached hydrogen (secondary N) is 1. The van der Waals surface area contributed by atoms with Gasteiger partial charge < -0.3 is 5.32 Å². The summed E-state index contributed by atoms with van der Waals surface area (Å²) < 4.78 is 4.07. The molecule has 0 spiro atoms. The van der Waals surface area contributed by atoms with E-state index < -0.39 is 0 Å². The molecule has 0 aliphatic carbocycles. The van der Waals surface area contributed by atoms with Gasteiger partial charge in [0.25, 0.3) is 0 Å². The molecule has 1 aromatic rings. The molecule has 0 fully saturated rings. The number of nitrogens with zero attached hydrogens (tertiary/aromatic N) is 3. The highest BCUT2D eigenvalue weighted by Gasteiger charge is 2.16. The van der Waals surface area contributed by atoms with Crippen molar-refractivity contribution in [1.82, 2.24) is 14.5 Å². The van der Waals surface area contributed by atoms with Crippen molar-refractivity contribution in [2.24, 2.45) is 5.92 Å². The molecule has 0 amide bonds. The molecule has 1 heterocycles. The molecule has 0 aliphatic heterocycles.